The number of rotatable bonds is 2. The first-order chi connectivity index (χ1) is 8.41. The van der Waals surface area contributed by atoms with Gasteiger partial charge in [-0.05, 0) is 52.5 Å². The van der Waals surface area contributed by atoms with Crippen LogP contribution < -0.4 is 5.73 Å². The van der Waals surface area contributed by atoms with Crippen molar-refractivity contribution in [2.24, 2.45) is 5.92 Å². The second-order valence-electron chi connectivity index (χ2n) is 6.21. The molecule has 1 unspecified atom stereocenters. The summed E-state index contributed by atoms with van der Waals surface area (Å²) < 4.78 is 0. The predicted octanol–water partition coefficient (Wildman–Crippen LogP) is 4.72. The van der Waals surface area contributed by atoms with Crippen molar-refractivity contribution in [2.75, 3.05) is 5.73 Å². The average Bonchev–Trinajstić information content (AvgIpc) is 2.26. The molecule has 1 nitrogen and oxygen atoms in total. The van der Waals surface area contributed by atoms with E-state index in [1.54, 1.807) is 0 Å². The molecule has 1 heteroatoms. The topological polar surface area (TPSA) is 26.0 Å². The van der Waals surface area contributed by atoms with Crippen molar-refractivity contribution in [1.82, 2.24) is 0 Å². The molecule has 0 aliphatic heterocycles. The van der Waals surface area contributed by atoms with Crippen LogP contribution in [0.5, 0.6) is 0 Å². The molecule has 0 saturated heterocycles. The fraction of sp³-hybridized carbons (Fsp3) is 0.529. The second-order valence-corrected chi connectivity index (χ2v) is 6.21. The minimum atomic E-state index is 0.487. The minimum Gasteiger partial charge on any atom is -0.398 e. The maximum Gasteiger partial charge on any atom is 0.0387 e. The Morgan fingerprint density at radius 1 is 1.17 bits per heavy atom. The van der Waals surface area contributed by atoms with E-state index in [1.165, 1.54) is 22.3 Å². The lowest BCUT2D eigenvalue weighted by Gasteiger charge is -2.26. The molecule has 2 N–H and O–H groups in total. The van der Waals surface area contributed by atoms with E-state index < -0.39 is 0 Å². The average molecular weight is 243 g/mol. The third-order valence-corrected chi connectivity index (χ3v) is 3.92. The summed E-state index contributed by atoms with van der Waals surface area (Å²) in [5.74, 6) is 1.61. The van der Waals surface area contributed by atoms with Crippen LogP contribution in [0.25, 0.3) is 6.08 Å². The van der Waals surface area contributed by atoms with Gasteiger partial charge in [0.05, 0.1) is 0 Å². The second kappa shape index (κ2) is 4.79. The van der Waals surface area contributed by atoms with Gasteiger partial charge in [0.2, 0.25) is 0 Å². The van der Waals surface area contributed by atoms with Crippen molar-refractivity contribution in [3.05, 3.63) is 34.4 Å². The first-order valence-electron chi connectivity index (χ1n) is 7.05. The lowest BCUT2D eigenvalue weighted by atomic mass is 9.80. The van der Waals surface area contributed by atoms with E-state index in [0.29, 0.717) is 17.8 Å². The molecule has 18 heavy (non-hydrogen) atoms. The lowest BCUT2D eigenvalue weighted by molar-refractivity contribution is 0.698. The van der Waals surface area contributed by atoms with E-state index in [4.69, 9.17) is 5.73 Å². The summed E-state index contributed by atoms with van der Waals surface area (Å²) in [4.78, 5) is 0. The van der Waals surface area contributed by atoms with E-state index in [9.17, 15) is 0 Å². The van der Waals surface area contributed by atoms with E-state index in [-0.39, 0.29) is 0 Å². The van der Waals surface area contributed by atoms with Gasteiger partial charge < -0.3 is 5.73 Å². The number of nitrogen functional groups attached to an aromatic ring is 1. The Bertz CT molecular complexity index is 481. The number of hydrogen-bond acceptors (Lipinski definition) is 1. The summed E-state index contributed by atoms with van der Waals surface area (Å²) in [6, 6.07) is 2.30. The molecule has 0 fully saturated rings. The zero-order valence-electron chi connectivity index (χ0n) is 12.2. The molecule has 1 aromatic carbocycles. The van der Waals surface area contributed by atoms with Crippen LogP contribution in [0.4, 0.5) is 5.69 Å². The van der Waals surface area contributed by atoms with E-state index >= 15 is 0 Å². The van der Waals surface area contributed by atoms with Gasteiger partial charge in [-0.2, -0.15) is 0 Å². The molecule has 1 aliphatic carbocycles. The van der Waals surface area contributed by atoms with Gasteiger partial charge in [0.15, 0.2) is 0 Å². The van der Waals surface area contributed by atoms with Gasteiger partial charge in [-0.15, -0.1) is 0 Å². The molecule has 0 bridgehead atoms. The van der Waals surface area contributed by atoms with Crippen LogP contribution in [0.2, 0.25) is 0 Å². The fourth-order valence-corrected chi connectivity index (χ4v) is 2.98. The quantitative estimate of drug-likeness (QED) is 0.747. The Labute approximate surface area is 111 Å². The number of fused-ring (bicyclic) bond motifs is 1. The molecule has 0 amide bonds. The molecule has 98 valence electrons. The van der Waals surface area contributed by atoms with Crippen molar-refractivity contribution in [3.63, 3.8) is 0 Å². The van der Waals surface area contributed by atoms with E-state index in [0.717, 1.165) is 12.1 Å². The summed E-state index contributed by atoms with van der Waals surface area (Å²) in [6.45, 7) is 11.2. The molecule has 1 aromatic rings. The van der Waals surface area contributed by atoms with Crippen LogP contribution in [0.1, 0.15) is 68.7 Å². The zero-order valence-corrected chi connectivity index (χ0v) is 12.2. The van der Waals surface area contributed by atoms with Crippen LogP contribution in [0.15, 0.2) is 12.1 Å². The maximum atomic E-state index is 6.43. The molecule has 0 saturated carbocycles. The van der Waals surface area contributed by atoms with Gasteiger partial charge in [-0.1, -0.05) is 46.8 Å². The highest BCUT2D eigenvalue weighted by Gasteiger charge is 2.21. The maximum absolute atomic E-state index is 6.43. The van der Waals surface area contributed by atoms with Gasteiger partial charge in [0.1, 0.15) is 0 Å². The van der Waals surface area contributed by atoms with Crippen LogP contribution >= 0.6 is 0 Å². The first kappa shape index (κ1) is 13.2. The van der Waals surface area contributed by atoms with Gasteiger partial charge in [-0.25, -0.2) is 0 Å². The van der Waals surface area contributed by atoms with Crippen molar-refractivity contribution in [2.45, 2.75) is 52.9 Å². The summed E-state index contributed by atoms with van der Waals surface area (Å²) in [6.07, 6.45) is 5.72. The van der Waals surface area contributed by atoms with Gasteiger partial charge in [0, 0.05) is 5.69 Å². The Kier molecular flexibility index (Phi) is 3.52. The number of benzene rings is 1. The molecule has 0 spiro atoms. The summed E-state index contributed by atoms with van der Waals surface area (Å²) in [5, 5.41) is 0. The number of anilines is 1. The lowest BCUT2D eigenvalue weighted by Crippen LogP contribution is -2.13. The highest BCUT2D eigenvalue weighted by molar-refractivity contribution is 5.69. The predicted molar refractivity (Wildman–Crippen MR) is 80.9 cm³/mol. The molecule has 0 heterocycles. The third-order valence-electron chi connectivity index (χ3n) is 3.92. The fourth-order valence-electron chi connectivity index (χ4n) is 2.98. The van der Waals surface area contributed by atoms with Gasteiger partial charge in [-0.3, -0.25) is 0 Å². The molecule has 0 radical (unpaired) electrons. The Balaban J connectivity index is 2.69. The van der Waals surface area contributed by atoms with E-state index in [2.05, 4.69) is 52.8 Å². The standard InChI is InChI=1S/C17H25N/c1-10(2)14-9-13-7-6-12(5)8-15(13)16(11(3)4)17(14)18/h6-7,9-12H,8,18H2,1-5H3. The van der Waals surface area contributed by atoms with Crippen molar-refractivity contribution < 1.29 is 0 Å². The number of allylic oxidation sites excluding steroid dienone is 1. The van der Waals surface area contributed by atoms with E-state index in [1.807, 2.05) is 0 Å². The normalized spacial score (nSPS) is 18.5. The highest BCUT2D eigenvalue weighted by Crippen LogP contribution is 2.38. The monoisotopic (exact) mass is 243 g/mol. The number of hydrogen-bond donors (Lipinski definition) is 1. The highest BCUT2D eigenvalue weighted by atomic mass is 14.6. The van der Waals surface area contributed by atoms with Crippen molar-refractivity contribution in [3.8, 4) is 0 Å². The van der Waals surface area contributed by atoms with Gasteiger partial charge in [0.25, 0.3) is 0 Å². The minimum absolute atomic E-state index is 0.487. The SMILES string of the molecule is CC1C=Cc2cc(C(C)C)c(N)c(C(C)C)c2C1. The van der Waals surface area contributed by atoms with Crippen molar-refractivity contribution >= 4 is 11.8 Å². The van der Waals surface area contributed by atoms with Crippen LogP contribution in [0.3, 0.4) is 0 Å². The van der Waals surface area contributed by atoms with Crippen LogP contribution in [0, 0.1) is 5.92 Å². The Morgan fingerprint density at radius 2 is 1.83 bits per heavy atom. The third kappa shape index (κ3) is 2.19. The molecular weight excluding hydrogens is 218 g/mol. The number of nitrogens with two attached hydrogens (primary N) is 1. The summed E-state index contributed by atoms with van der Waals surface area (Å²) in [7, 11) is 0. The Hall–Kier alpha value is -1.24. The smallest absolute Gasteiger partial charge is 0.0387 e. The Morgan fingerprint density at radius 3 is 2.39 bits per heavy atom. The molecular formula is C17H25N. The van der Waals surface area contributed by atoms with Crippen LogP contribution in [-0.4, -0.2) is 0 Å². The van der Waals surface area contributed by atoms with Gasteiger partial charge >= 0.3 is 0 Å². The largest absolute Gasteiger partial charge is 0.398 e. The summed E-state index contributed by atoms with van der Waals surface area (Å²) in [5.41, 5.74) is 13.0. The molecule has 0 aromatic heterocycles. The van der Waals surface area contributed by atoms with Crippen molar-refractivity contribution in [1.29, 1.82) is 0 Å². The molecule has 1 atom stereocenters. The van der Waals surface area contributed by atoms with Crippen LogP contribution in [-0.2, 0) is 6.42 Å². The molecule has 2 rings (SSSR count). The molecule has 1 aliphatic rings. The zero-order chi connectivity index (χ0) is 13.4. The summed E-state index contributed by atoms with van der Waals surface area (Å²) >= 11 is 0. The first-order valence-corrected chi connectivity index (χ1v) is 7.05.